The van der Waals surface area contributed by atoms with Crippen LogP contribution in [0.15, 0.2) is 35.6 Å². The zero-order valence-corrected chi connectivity index (χ0v) is 19.9. The van der Waals surface area contributed by atoms with Crippen molar-refractivity contribution in [2.75, 3.05) is 11.0 Å². The molecule has 2 aliphatic carbocycles. The number of carbonyl (C=O) groups excluding carboxylic acids is 1. The molecule has 1 aliphatic heterocycles. The van der Waals surface area contributed by atoms with Crippen LogP contribution in [0, 0.1) is 11.8 Å². The van der Waals surface area contributed by atoms with E-state index >= 15 is 0 Å². The van der Waals surface area contributed by atoms with Gasteiger partial charge in [-0.25, -0.2) is 13.2 Å². The van der Waals surface area contributed by atoms with Crippen molar-refractivity contribution in [2.24, 2.45) is 11.8 Å². The van der Waals surface area contributed by atoms with Crippen molar-refractivity contribution in [1.82, 2.24) is 0 Å². The zero-order valence-electron chi connectivity index (χ0n) is 19.1. The summed E-state index contributed by atoms with van der Waals surface area (Å²) in [7, 11) is -3.41. The first kappa shape index (κ1) is 23.1. The summed E-state index contributed by atoms with van der Waals surface area (Å²) in [4.78, 5) is 13.3. The molecule has 4 rings (SSSR count). The first-order chi connectivity index (χ1) is 15.2. The number of anilines is 1. The van der Waals surface area contributed by atoms with Gasteiger partial charge in [0.05, 0.1) is 11.8 Å². The highest BCUT2D eigenvalue weighted by Gasteiger charge is 2.45. The summed E-state index contributed by atoms with van der Waals surface area (Å²) in [6.45, 7) is 1.96. The summed E-state index contributed by atoms with van der Waals surface area (Å²) in [6.07, 6.45) is 10.9. The molecule has 0 saturated heterocycles. The molecule has 0 spiro atoms. The van der Waals surface area contributed by atoms with E-state index in [1.807, 2.05) is 13.0 Å². The number of ether oxygens (including phenoxy) is 1. The van der Waals surface area contributed by atoms with Gasteiger partial charge < -0.3 is 9.84 Å². The summed E-state index contributed by atoms with van der Waals surface area (Å²) < 4.78 is 31.9. The minimum Gasteiger partial charge on any atom is -0.512 e. The van der Waals surface area contributed by atoms with Gasteiger partial charge in [-0.05, 0) is 61.6 Å². The molecule has 1 aromatic rings. The van der Waals surface area contributed by atoms with E-state index in [1.165, 1.54) is 25.7 Å². The van der Waals surface area contributed by atoms with E-state index in [4.69, 9.17) is 4.74 Å². The Kier molecular flexibility index (Phi) is 6.57. The van der Waals surface area contributed by atoms with Crippen molar-refractivity contribution in [1.29, 1.82) is 0 Å². The topological polar surface area (TPSA) is 92.7 Å². The fourth-order valence-corrected chi connectivity index (χ4v) is 5.50. The van der Waals surface area contributed by atoms with Crippen LogP contribution in [0.3, 0.4) is 0 Å². The van der Waals surface area contributed by atoms with Gasteiger partial charge in [-0.2, -0.15) is 0 Å². The predicted molar refractivity (Wildman–Crippen MR) is 125 cm³/mol. The van der Waals surface area contributed by atoms with Crippen LogP contribution in [0.4, 0.5) is 5.69 Å². The number of sulfonamides is 1. The van der Waals surface area contributed by atoms with Crippen molar-refractivity contribution in [3.8, 4) is 0 Å². The normalized spacial score (nSPS) is 21.9. The first-order valence-electron chi connectivity index (χ1n) is 11.9. The third-order valence-electron chi connectivity index (χ3n) is 7.09. The average molecular weight is 462 g/mol. The van der Waals surface area contributed by atoms with Crippen LogP contribution >= 0.6 is 0 Å². The number of aliphatic hydroxyl groups excluding tert-OH is 1. The first-order valence-corrected chi connectivity index (χ1v) is 13.8. The lowest BCUT2D eigenvalue weighted by atomic mass is 9.79. The fourth-order valence-electron chi connectivity index (χ4n) is 4.94. The smallest absolute Gasteiger partial charge is 0.338 e. The molecule has 7 heteroatoms. The number of cyclic esters (lactones) is 1. The molecule has 1 aromatic carbocycles. The Labute approximate surface area is 191 Å². The minimum absolute atomic E-state index is 0.140. The number of rotatable bonds is 11. The highest BCUT2D eigenvalue weighted by atomic mass is 32.2. The quantitative estimate of drug-likeness (QED) is 0.429. The van der Waals surface area contributed by atoms with Crippen LogP contribution in [-0.2, 0) is 19.6 Å². The van der Waals surface area contributed by atoms with E-state index < -0.39 is 21.6 Å². The third kappa shape index (κ3) is 5.85. The summed E-state index contributed by atoms with van der Waals surface area (Å²) in [6, 6.07) is 7.01. The van der Waals surface area contributed by atoms with Crippen molar-refractivity contribution >= 4 is 21.7 Å². The van der Waals surface area contributed by atoms with Gasteiger partial charge >= 0.3 is 5.97 Å². The molecule has 0 amide bonds. The number of hydrogen-bond acceptors (Lipinski definition) is 5. The maximum atomic E-state index is 13.3. The molecular formula is C25H35NO5S. The standard InChI is InChI=1S/C25H35NO5S/c1-3-21(19-5-4-6-20(15-19)26-32(2,29)30)23-22(27)16-25(31-24(23)28,13-11-17-7-8-17)14-12-18-9-10-18/h4-6,15,17-18,21,26-27H,3,7-14,16H2,1-2H3. The van der Waals surface area contributed by atoms with Crippen LogP contribution in [0.1, 0.15) is 82.6 Å². The molecule has 32 heavy (non-hydrogen) atoms. The number of benzene rings is 1. The van der Waals surface area contributed by atoms with Crippen LogP contribution in [0.2, 0.25) is 0 Å². The molecule has 1 unspecified atom stereocenters. The molecule has 2 N–H and O–H groups in total. The Morgan fingerprint density at radius 2 is 1.78 bits per heavy atom. The highest BCUT2D eigenvalue weighted by Crippen LogP contribution is 2.46. The minimum atomic E-state index is -3.41. The molecular weight excluding hydrogens is 426 g/mol. The summed E-state index contributed by atoms with van der Waals surface area (Å²) in [5.74, 6) is 0.850. The van der Waals surface area contributed by atoms with Gasteiger partial charge in [-0.3, -0.25) is 4.72 Å². The SMILES string of the molecule is CCC(C1=C(O)CC(CCC2CC2)(CCC2CC2)OC1=O)c1cccc(NS(C)(=O)=O)c1. The lowest BCUT2D eigenvalue weighted by molar-refractivity contribution is -0.161. The summed E-state index contributed by atoms with van der Waals surface area (Å²) in [5.41, 5.74) is 0.949. The van der Waals surface area contributed by atoms with Crippen molar-refractivity contribution < 1.29 is 23.1 Å². The van der Waals surface area contributed by atoms with E-state index in [0.29, 0.717) is 24.1 Å². The van der Waals surface area contributed by atoms with Gasteiger partial charge in [0, 0.05) is 18.0 Å². The van der Waals surface area contributed by atoms with Gasteiger partial charge in [0.25, 0.3) is 0 Å². The van der Waals surface area contributed by atoms with Gasteiger partial charge in [0.1, 0.15) is 11.4 Å². The Morgan fingerprint density at radius 3 is 2.28 bits per heavy atom. The Balaban J connectivity index is 1.58. The van der Waals surface area contributed by atoms with E-state index in [9.17, 15) is 18.3 Å². The van der Waals surface area contributed by atoms with E-state index in [1.54, 1.807) is 18.2 Å². The molecule has 0 radical (unpaired) electrons. The number of hydrogen-bond donors (Lipinski definition) is 2. The van der Waals surface area contributed by atoms with Gasteiger partial charge in [-0.1, -0.05) is 44.7 Å². The highest BCUT2D eigenvalue weighted by molar-refractivity contribution is 7.92. The Bertz CT molecular complexity index is 975. The molecule has 0 aromatic heterocycles. The molecule has 1 atom stereocenters. The largest absolute Gasteiger partial charge is 0.512 e. The van der Waals surface area contributed by atoms with Crippen molar-refractivity contribution in [3.05, 3.63) is 41.2 Å². The molecule has 6 nitrogen and oxygen atoms in total. The molecule has 2 fully saturated rings. The van der Waals surface area contributed by atoms with Gasteiger partial charge in [0.15, 0.2) is 0 Å². The van der Waals surface area contributed by atoms with E-state index in [-0.39, 0.29) is 11.7 Å². The van der Waals surface area contributed by atoms with E-state index in [2.05, 4.69) is 4.72 Å². The summed E-state index contributed by atoms with van der Waals surface area (Å²) in [5, 5.41) is 11.1. The number of nitrogens with one attached hydrogen (secondary N) is 1. The molecule has 1 heterocycles. The van der Waals surface area contributed by atoms with Crippen molar-refractivity contribution in [3.63, 3.8) is 0 Å². The van der Waals surface area contributed by atoms with Gasteiger partial charge in [-0.15, -0.1) is 0 Å². The van der Waals surface area contributed by atoms with E-state index in [0.717, 1.165) is 49.3 Å². The second-order valence-electron chi connectivity index (χ2n) is 10.0. The molecule has 176 valence electrons. The van der Waals surface area contributed by atoms with Crippen molar-refractivity contribution in [2.45, 2.75) is 82.7 Å². The lowest BCUT2D eigenvalue weighted by Crippen LogP contribution is -2.41. The van der Waals surface area contributed by atoms with Crippen LogP contribution in [0.25, 0.3) is 0 Å². The Morgan fingerprint density at radius 1 is 1.16 bits per heavy atom. The molecule has 0 bridgehead atoms. The summed E-state index contributed by atoms with van der Waals surface area (Å²) >= 11 is 0. The van der Waals surface area contributed by atoms with Crippen LogP contribution in [0.5, 0.6) is 0 Å². The van der Waals surface area contributed by atoms with Crippen LogP contribution in [-0.4, -0.2) is 31.4 Å². The fraction of sp³-hybridized carbons (Fsp3) is 0.640. The maximum absolute atomic E-state index is 13.3. The molecule has 3 aliphatic rings. The number of aliphatic hydroxyl groups is 1. The van der Waals surface area contributed by atoms with Gasteiger partial charge in [0.2, 0.25) is 10.0 Å². The predicted octanol–water partition coefficient (Wildman–Crippen LogP) is 5.43. The lowest BCUT2D eigenvalue weighted by Gasteiger charge is -2.39. The van der Waals surface area contributed by atoms with Crippen LogP contribution < -0.4 is 4.72 Å². The Hall–Kier alpha value is -2.02. The second kappa shape index (κ2) is 9.08. The monoisotopic (exact) mass is 461 g/mol. The molecule has 2 saturated carbocycles. The number of esters is 1. The second-order valence-corrected chi connectivity index (χ2v) is 11.8. The average Bonchev–Trinajstić information content (AvgIpc) is 3.61. The third-order valence-corrected chi connectivity index (χ3v) is 7.70. The maximum Gasteiger partial charge on any atom is 0.338 e. The number of carbonyl (C=O) groups is 1. The zero-order chi connectivity index (χ0) is 22.9.